The van der Waals surface area contributed by atoms with Crippen molar-refractivity contribution in [3.05, 3.63) is 23.5 Å². The Labute approximate surface area is 146 Å². The largest absolute Gasteiger partial charge is 0.471 e. The molecule has 2 aliphatic rings. The summed E-state index contributed by atoms with van der Waals surface area (Å²) in [4.78, 5) is 12.0. The quantitative estimate of drug-likeness (QED) is 0.429. The maximum atomic E-state index is 12.0. The summed E-state index contributed by atoms with van der Waals surface area (Å²) < 4.78 is 22.4. The molecule has 0 saturated heterocycles. The lowest BCUT2D eigenvalue weighted by Crippen LogP contribution is -2.42. The molecule has 3 unspecified atom stereocenters. The zero-order valence-electron chi connectivity index (χ0n) is 15.8. The normalized spacial score (nSPS) is 27.0. The molecule has 0 spiro atoms. The number of methoxy groups -OCH3 is 2. The first-order valence-electron chi connectivity index (χ1n) is 8.42. The van der Waals surface area contributed by atoms with Gasteiger partial charge in [0.2, 0.25) is 6.29 Å². The van der Waals surface area contributed by atoms with E-state index in [9.17, 15) is 4.79 Å². The summed E-state index contributed by atoms with van der Waals surface area (Å²) in [7, 11) is 1.19. The number of carbonyl (C=O) groups excluding carboxylic acids is 1. The van der Waals surface area contributed by atoms with Crippen LogP contribution >= 0.6 is 0 Å². The summed E-state index contributed by atoms with van der Waals surface area (Å²) >= 11 is 0. The number of hydrogen-bond donors (Lipinski definition) is 0. The van der Waals surface area contributed by atoms with Crippen molar-refractivity contribution in [2.24, 2.45) is 11.8 Å². The summed E-state index contributed by atoms with van der Waals surface area (Å²) in [5.74, 6) is -0.299. The lowest BCUT2D eigenvalue weighted by Gasteiger charge is -2.38. The van der Waals surface area contributed by atoms with Crippen molar-refractivity contribution >= 4 is 14.3 Å². The van der Waals surface area contributed by atoms with Crippen molar-refractivity contribution in [2.45, 2.75) is 51.6 Å². The summed E-state index contributed by atoms with van der Waals surface area (Å²) in [6.45, 7) is 11.7. The molecule has 2 rings (SSSR count). The topological polar surface area (TPSA) is 54.0 Å². The zero-order valence-corrected chi connectivity index (χ0v) is 16.8. The summed E-state index contributed by atoms with van der Waals surface area (Å²) in [5, 5.41) is 0.159. The van der Waals surface area contributed by atoms with Crippen LogP contribution in [0.25, 0.3) is 0 Å². The fraction of sp³-hybridized carbons (Fsp3) is 0.722. The highest BCUT2D eigenvalue weighted by atomic mass is 28.4. The molecular weight excluding hydrogens is 324 g/mol. The molecule has 0 aromatic rings. The number of hydrogen-bond acceptors (Lipinski definition) is 5. The number of fused-ring (bicyclic) bond motifs is 1. The molecule has 0 radical (unpaired) electrons. The number of esters is 1. The van der Waals surface area contributed by atoms with Gasteiger partial charge in [-0.1, -0.05) is 26.8 Å². The third-order valence-corrected chi connectivity index (χ3v) is 10.1. The van der Waals surface area contributed by atoms with E-state index in [-0.39, 0.29) is 29.1 Å². The van der Waals surface area contributed by atoms with Crippen molar-refractivity contribution in [3.63, 3.8) is 0 Å². The minimum atomic E-state index is -1.84. The van der Waals surface area contributed by atoms with Gasteiger partial charge in [-0.15, -0.1) is 0 Å². The third-order valence-electron chi connectivity index (χ3n) is 5.58. The van der Waals surface area contributed by atoms with Gasteiger partial charge >= 0.3 is 5.97 Å². The molecule has 1 aliphatic carbocycles. The first kappa shape index (κ1) is 19.2. The molecule has 5 nitrogen and oxygen atoms in total. The average molecular weight is 355 g/mol. The third kappa shape index (κ3) is 3.60. The highest BCUT2D eigenvalue weighted by Gasteiger charge is 2.45. The molecule has 0 N–H and O–H groups in total. The number of rotatable bonds is 5. The standard InChI is InChI=1S/C18H30O5Si/c1-18(2,3)24(6,7)23-10-12-8-9-13-14(16(19)20-4)11-22-17(21-5)15(12)13/h8,11,13,15,17H,9-10H2,1-7H3. The van der Waals surface area contributed by atoms with Crippen molar-refractivity contribution in [2.75, 3.05) is 20.8 Å². The van der Waals surface area contributed by atoms with Crippen LogP contribution in [0.4, 0.5) is 0 Å². The highest BCUT2D eigenvalue weighted by molar-refractivity contribution is 6.74. The second-order valence-electron chi connectivity index (χ2n) is 8.00. The van der Waals surface area contributed by atoms with Crippen molar-refractivity contribution in [3.8, 4) is 0 Å². The average Bonchev–Trinajstić information content (AvgIpc) is 2.94. The van der Waals surface area contributed by atoms with Gasteiger partial charge in [-0.2, -0.15) is 0 Å². The van der Waals surface area contributed by atoms with Crippen LogP contribution in [-0.4, -0.2) is 41.4 Å². The summed E-state index contributed by atoms with van der Waals surface area (Å²) in [6.07, 6.45) is 4.05. The molecule has 1 heterocycles. The maximum Gasteiger partial charge on any atom is 0.337 e. The Morgan fingerprint density at radius 3 is 2.54 bits per heavy atom. The van der Waals surface area contributed by atoms with Crippen LogP contribution in [0, 0.1) is 11.8 Å². The molecular formula is C18H30O5Si. The second-order valence-corrected chi connectivity index (χ2v) is 12.8. The Morgan fingerprint density at radius 2 is 2.00 bits per heavy atom. The Hall–Kier alpha value is -1.11. The van der Waals surface area contributed by atoms with Gasteiger partial charge in [0, 0.05) is 13.0 Å². The van der Waals surface area contributed by atoms with Crippen LogP contribution in [0.15, 0.2) is 23.5 Å². The molecule has 6 heteroatoms. The molecule has 0 bridgehead atoms. The van der Waals surface area contributed by atoms with E-state index >= 15 is 0 Å². The van der Waals surface area contributed by atoms with Gasteiger partial charge in [-0.05, 0) is 30.1 Å². The van der Waals surface area contributed by atoms with Gasteiger partial charge in [0.15, 0.2) is 8.32 Å². The van der Waals surface area contributed by atoms with E-state index < -0.39 is 8.32 Å². The summed E-state index contributed by atoms with van der Waals surface area (Å²) in [6, 6.07) is 0. The van der Waals surface area contributed by atoms with E-state index in [1.807, 2.05) is 0 Å². The first-order valence-corrected chi connectivity index (χ1v) is 11.3. The van der Waals surface area contributed by atoms with E-state index in [1.54, 1.807) is 7.11 Å². The first-order chi connectivity index (χ1) is 11.1. The van der Waals surface area contributed by atoms with E-state index in [0.717, 1.165) is 12.0 Å². The summed E-state index contributed by atoms with van der Waals surface area (Å²) in [5.41, 5.74) is 1.74. The van der Waals surface area contributed by atoms with Crippen LogP contribution in [0.3, 0.4) is 0 Å². The lowest BCUT2D eigenvalue weighted by atomic mass is 9.83. The van der Waals surface area contributed by atoms with Crippen LogP contribution in [-0.2, 0) is 23.4 Å². The van der Waals surface area contributed by atoms with E-state index in [4.69, 9.17) is 18.6 Å². The van der Waals surface area contributed by atoms with Gasteiger partial charge in [-0.3, -0.25) is 0 Å². The fourth-order valence-electron chi connectivity index (χ4n) is 2.97. The molecule has 0 aromatic heterocycles. The monoisotopic (exact) mass is 354 g/mol. The smallest absolute Gasteiger partial charge is 0.337 e. The molecule has 136 valence electrons. The minimum Gasteiger partial charge on any atom is -0.471 e. The molecule has 0 amide bonds. The van der Waals surface area contributed by atoms with E-state index in [1.165, 1.54) is 13.4 Å². The molecule has 0 saturated carbocycles. The van der Waals surface area contributed by atoms with Crippen LogP contribution < -0.4 is 0 Å². The molecule has 3 atom stereocenters. The van der Waals surface area contributed by atoms with E-state index in [2.05, 4.69) is 39.9 Å². The van der Waals surface area contributed by atoms with Gasteiger partial charge in [0.25, 0.3) is 0 Å². The van der Waals surface area contributed by atoms with Gasteiger partial charge in [0.1, 0.15) is 0 Å². The second kappa shape index (κ2) is 7.02. The Morgan fingerprint density at radius 1 is 1.33 bits per heavy atom. The number of allylic oxidation sites excluding steroid dienone is 1. The van der Waals surface area contributed by atoms with Gasteiger partial charge < -0.3 is 18.6 Å². The fourth-order valence-corrected chi connectivity index (χ4v) is 3.93. The van der Waals surface area contributed by atoms with Gasteiger partial charge in [0.05, 0.1) is 31.5 Å². The van der Waals surface area contributed by atoms with Crippen LogP contribution in [0.1, 0.15) is 27.2 Å². The van der Waals surface area contributed by atoms with Crippen molar-refractivity contribution < 1.29 is 23.4 Å². The highest BCUT2D eigenvalue weighted by Crippen LogP contribution is 2.44. The minimum absolute atomic E-state index is 0.00105. The molecule has 0 aromatic carbocycles. The molecule has 1 aliphatic heterocycles. The zero-order chi connectivity index (χ0) is 18.1. The number of carbonyl (C=O) groups is 1. The molecule has 24 heavy (non-hydrogen) atoms. The Balaban J connectivity index is 2.14. The SMILES string of the molecule is COC(=O)C1=COC(OC)C2C(CO[Si](C)(C)C(C)(C)C)=CCC12. The van der Waals surface area contributed by atoms with Crippen LogP contribution in [0.5, 0.6) is 0 Å². The lowest BCUT2D eigenvalue weighted by molar-refractivity contribution is -0.146. The Bertz CT molecular complexity index is 544. The van der Waals surface area contributed by atoms with Crippen molar-refractivity contribution in [1.29, 1.82) is 0 Å². The predicted molar refractivity (Wildman–Crippen MR) is 94.8 cm³/mol. The molecule has 0 fully saturated rings. The maximum absolute atomic E-state index is 12.0. The predicted octanol–water partition coefficient (Wildman–Crippen LogP) is 3.63. The van der Waals surface area contributed by atoms with Crippen molar-refractivity contribution in [1.82, 2.24) is 0 Å². The number of ether oxygens (including phenoxy) is 3. The van der Waals surface area contributed by atoms with Gasteiger partial charge in [-0.25, -0.2) is 4.79 Å². The Kier molecular flexibility index (Phi) is 5.62. The van der Waals surface area contributed by atoms with E-state index in [0.29, 0.717) is 12.2 Å². The van der Waals surface area contributed by atoms with Crippen LogP contribution in [0.2, 0.25) is 18.1 Å².